The molecular weight excluding hydrogens is 186 g/mol. The summed E-state index contributed by atoms with van der Waals surface area (Å²) in [4.78, 5) is 10.7. The molecule has 1 aromatic rings. The standard InChI is InChI=1S/C8H11N3O3/c9-3-6(13)8-11-10-7(14-8)4-1-5(12)2-4/h4,6,13H,1-3,9H2. The van der Waals surface area contributed by atoms with Crippen LogP contribution in [0, 0.1) is 0 Å². The average Bonchev–Trinajstić information content (AvgIpc) is 2.60. The van der Waals surface area contributed by atoms with Crippen LogP contribution < -0.4 is 5.73 Å². The third kappa shape index (κ3) is 1.53. The van der Waals surface area contributed by atoms with Crippen LogP contribution in [0.25, 0.3) is 0 Å². The molecule has 0 radical (unpaired) electrons. The number of ketones is 1. The van der Waals surface area contributed by atoms with Gasteiger partial charge in [-0.1, -0.05) is 0 Å². The smallest absolute Gasteiger partial charge is 0.246 e. The summed E-state index contributed by atoms with van der Waals surface area (Å²) in [6.45, 7) is 0.0469. The Morgan fingerprint density at radius 3 is 2.86 bits per heavy atom. The van der Waals surface area contributed by atoms with Crippen molar-refractivity contribution < 1.29 is 14.3 Å². The summed E-state index contributed by atoms with van der Waals surface area (Å²) < 4.78 is 5.18. The minimum absolute atomic E-state index is 0.0359. The maximum Gasteiger partial charge on any atom is 0.246 e. The summed E-state index contributed by atoms with van der Waals surface area (Å²) in [5.74, 6) is 0.789. The number of hydrogen-bond acceptors (Lipinski definition) is 6. The first-order chi connectivity index (χ1) is 6.70. The van der Waals surface area contributed by atoms with E-state index in [1.54, 1.807) is 0 Å². The molecule has 1 atom stereocenters. The molecule has 0 amide bonds. The largest absolute Gasteiger partial charge is 0.422 e. The lowest BCUT2D eigenvalue weighted by atomic mass is 9.84. The van der Waals surface area contributed by atoms with Crippen LogP contribution in [-0.2, 0) is 4.79 Å². The minimum Gasteiger partial charge on any atom is -0.422 e. The lowest BCUT2D eigenvalue weighted by Crippen LogP contribution is -2.21. The third-order valence-corrected chi connectivity index (χ3v) is 2.26. The molecule has 1 aromatic heterocycles. The second-order valence-corrected chi connectivity index (χ2v) is 3.37. The van der Waals surface area contributed by atoms with Crippen LogP contribution in [-0.4, -0.2) is 27.6 Å². The fraction of sp³-hybridized carbons (Fsp3) is 0.625. The second-order valence-electron chi connectivity index (χ2n) is 3.37. The highest BCUT2D eigenvalue weighted by molar-refractivity contribution is 5.85. The van der Waals surface area contributed by atoms with Crippen LogP contribution in [0.4, 0.5) is 0 Å². The highest BCUT2D eigenvalue weighted by atomic mass is 16.4. The molecule has 0 aromatic carbocycles. The first kappa shape index (κ1) is 9.29. The highest BCUT2D eigenvalue weighted by Crippen LogP contribution is 2.32. The number of aliphatic hydroxyl groups excluding tert-OH is 1. The molecule has 6 heteroatoms. The van der Waals surface area contributed by atoms with Gasteiger partial charge >= 0.3 is 0 Å². The van der Waals surface area contributed by atoms with E-state index in [4.69, 9.17) is 10.2 Å². The predicted molar refractivity (Wildman–Crippen MR) is 45.3 cm³/mol. The Morgan fingerprint density at radius 2 is 2.29 bits per heavy atom. The SMILES string of the molecule is NCC(O)c1nnc(C2CC(=O)C2)o1. The molecule has 1 fully saturated rings. The molecule has 0 bridgehead atoms. The summed E-state index contributed by atoms with van der Waals surface area (Å²) in [6, 6.07) is 0. The van der Waals surface area contributed by atoms with Crippen molar-refractivity contribution in [3.63, 3.8) is 0 Å². The highest BCUT2D eigenvalue weighted by Gasteiger charge is 2.32. The molecule has 0 saturated heterocycles. The van der Waals surface area contributed by atoms with Gasteiger partial charge in [0.25, 0.3) is 0 Å². The van der Waals surface area contributed by atoms with E-state index >= 15 is 0 Å². The molecule has 1 heterocycles. The molecule has 76 valence electrons. The second kappa shape index (κ2) is 3.47. The number of carbonyl (C=O) groups excluding carboxylic acids is 1. The average molecular weight is 197 g/mol. The summed E-state index contributed by atoms with van der Waals surface area (Å²) in [5, 5.41) is 16.7. The van der Waals surface area contributed by atoms with E-state index in [-0.39, 0.29) is 24.1 Å². The zero-order chi connectivity index (χ0) is 10.1. The first-order valence-electron chi connectivity index (χ1n) is 4.44. The Labute approximate surface area is 80.1 Å². The summed E-state index contributed by atoms with van der Waals surface area (Å²) in [6.07, 6.45) is 0.00721. The van der Waals surface area contributed by atoms with Gasteiger partial charge in [0.1, 0.15) is 11.9 Å². The summed E-state index contributed by atoms with van der Waals surface area (Å²) in [7, 11) is 0. The quantitative estimate of drug-likeness (QED) is 0.677. The van der Waals surface area contributed by atoms with E-state index in [9.17, 15) is 9.90 Å². The topological polar surface area (TPSA) is 102 Å². The number of hydrogen-bond donors (Lipinski definition) is 2. The van der Waals surface area contributed by atoms with Crippen LogP contribution in [0.2, 0.25) is 0 Å². The number of rotatable bonds is 3. The third-order valence-electron chi connectivity index (χ3n) is 2.26. The van der Waals surface area contributed by atoms with Gasteiger partial charge in [-0.25, -0.2) is 0 Å². The molecule has 1 aliphatic carbocycles. The van der Waals surface area contributed by atoms with Crippen LogP contribution in [0.3, 0.4) is 0 Å². The summed E-state index contributed by atoms with van der Waals surface area (Å²) >= 11 is 0. The van der Waals surface area contributed by atoms with E-state index in [0.717, 1.165) is 0 Å². The van der Waals surface area contributed by atoms with Crippen LogP contribution in [0.1, 0.15) is 36.6 Å². The van der Waals surface area contributed by atoms with Crippen molar-refractivity contribution in [2.24, 2.45) is 5.73 Å². The lowest BCUT2D eigenvalue weighted by Gasteiger charge is -2.19. The number of Topliss-reactive ketones (excluding diaryl/α,β-unsaturated/α-hetero) is 1. The van der Waals surface area contributed by atoms with Gasteiger partial charge in [0.05, 0.1) is 5.92 Å². The van der Waals surface area contributed by atoms with Crippen molar-refractivity contribution in [2.75, 3.05) is 6.54 Å². The first-order valence-corrected chi connectivity index (χ1v) is 4.44. The van der Waals surface area contributed by atoms with Gasteiger partial charge in [-0.15, -0.1) is 10.2 Å². The maximum atomic E-state index is 10.7. The van der Waals surface area contributed by atoms with E-state index in [1.807, 2.05) is 0 Å². The van der Waals surface area contributed by atoms with E-state index in [0.29, 0.717) is 18.7 Å². The lowest BCUT2D eigenvalue weighted by molar-refractivity contribution is -0.125. The van der Waals surface area contributed by atoms with Crippen molar-refractivity contribution in [2.45, 2.75) is 24.9 Å². The molecule has 1 unspecified atom stereocenters. The molecule has 0 aliphatic heterocycles. The number of aromatic nitrogens is 2. The Hall–Kier alpha value is -1.27. The summed E-state index contributed by atoms with van der Waals surface area (Å²) in [5.41, 5.74) is 5.23. The van der Waals surface area contributed by atoms with Crippen LogP contribution in [0.5, 0.6) is 0 Å². The number of nitrogens with two attached hydrogens (primary N) is 1. The molecule has 0 spiro atoms. The van der Waals surface area contributed by atoms with Gasteiger partial charge in [-0.05, 0) is 0 Å². The zero-order valence-corrected chi connectivity index (χ0v) is 7.51. The van der Waals surface area contributed by atoms with Crippen LogP contribution in [0.15, 0.2) is 4.42 Å². The Morgan fingerprint density at radius 1 is 1.57 bits per heavy atom. The fourth-order valence-electron chi connectivity index (χ4n) is 1.31. The van der Waals surface area contributed by atoms with Gasteiger partial charge in [-0.3, -0.25) is 4.79 Å². The van der Waals surface area contributed by atoms with Gasteiger partial charge < -0.3 is 15.3 Å². The van der Waals surface area contributed by atoms with Gasteiger partial charge in [-0.2, -0.15) is 0 Å². The van der Waals surface area contributed by atoms with E-state index in [2.05, 4.69) is 10.2 Å². The molecule has 6 nitrogen and oxygen atoms in total. The predicted octanol–water partition coefficient (Wildman–Crippen LogP) is -0.492. The van der Waals surface area contributed by atoms with Crippen molar-refractivity contribution >= 4 is 5.78 Å². The molecule has 14 heavy (non-hydrogen) atoms. The van der Waals surface area contributed by atoms with Crippen molar-refractivity contribution in [1.82, 2.24) is 10.2 Å². The van der Waals surface area contributed by atoms with Crippen LogP contribution >= 0.6 is 0 Å². The number of nitrogens with zero attached hydrogens (tertiary/aromatic N) is 2. The zero-order valence-electron chi connectivity index (χ0n) is 7.51. The normalized spacial score (nSPS) is 19.4. The minimum atomic E-state index is -0.910. The Bertz CT molecular complexity index is 341. The molecule has 3 N–H and O–H groups in total. The van der Waals surface area contributed by atoms with Gasteiger partial charge in [0.15, 0.2) is 0 Å². The molecule has 2 rings (SSSR count). The van der Waals surface area contributed by atoms with Crippen molar-refractivity contribution in [3.05, 3.63) is 11.8 Å². The number of carbonyl (C=O) groups is 1. The Balaban J connectivity index is 2.06. The maximum absolute atomic E-state index is 10.7. The Kier molecular flexibility index (Phi) is 2.30. The van der Waals surface area contributed by atoms with E-state index < -0.39 is 6.10 Å². The van der Waals surface area contributed by atoms with Crippen molar-refractivity contribution in [3.8, 4) is 0 Å². The van der Waals surface area contributed by atoms with Gasteiger partial charge in [0.2, 0.25) is 11.8 Å². The molecular formula is C8H11N3O3. The van der Waals surface area contributed by atoms with Gasteiger partial charge in [0, 0.05) is 19.4 Å². The molecule has 1 aliphatic rings. The number of aliphatic hydroxyl groups is 1. The molecule has 1 saturated carbocycles. The van der Waals surface area contributed by atoms with Crippen molar-refractivity contribution in [1.29, 1.82) is 0 Å². The van der Waals surface area contributed by atoms with E-state index in [1.165, 1.54) is 0 Å². The fourth-order valence-corrected chi connectivity index (χ4v) is 1.31. The monoisotopic (exact) mass is 197 g/mol.